The van der Waals surface area contributed by atoms with Crippen LogP contribution in [0.4, 0.5) is 0 Å². The van der Waals surface area contributed by atoms with Gasteiger partial charge < -0.3 is 64.9 Å². The Morgan fingerprint density at radius 1 is 0.773 bits per heavy atom. The Kier molecular flexibility index (Phi) is 7.77. The summed E-state index contributed by atoms with van der Waals surface area (Å²) < 4.78 is 22.1. The van der Waals surface area contributed by atoms with Crippen molar-refractivity contribution in [3.63, 3.8) is 0 Å². The first kappa shape index (κ1) is 30.1. The van der Waals surface area contributed by atoms with E-state index < -0.39 is 106 Å². The second-order valence-corrected chi connectivity index (χ2v) is 9.90. The van der Waals surface area contributed by atoms with Crippen LogP contribution in [0.2, 0.25) is 0 Å². The number of esters is 2. The van der Waals surface area contributed by atoms with Crippen LogP contribution < -0.4 is 4.74 Å². The normalized spacial score (nSPS) is 22.9. The summed E-state index contributed by atoms with van der Waals surface area (Å²) in [5, 5.41) is 93.8. The quantitative estimate of drug-likeness (QED) is 0.111. The molecule has 0 spiro atoms. The number of benzene rings is 3. The number of rotatable bonds is 5. The third-order valence-electron chi connectivity index (χ3n) is 7.13. The molecule has 3 aromatic rings. The number of aromatic hydroxyl groups is 7. The smallest absolute Gasteiger partial charge is 0.339 e. The molecule has 2 heterocycles. The highest BCUT2D eigenvalue weighted by atomic mass is 16.7. The van der Waals surface area contributed by atoms with E-state index in [4.69, 9.17) is 18.9 Å². The fraction of sp³-hybridized carbons (Fsp3) is 0.241. The Morgan fingerprint density at radius 2 is 1.32 bits per heavy atom. The Bertz CT molecular complexity index is 1670. The molecule has 44 heavy (non-hydrogen) atoms. The summed E-state index contributed by atoms with van der Waals surface area (Å²) in [4.78, 5) is 27.0. The molecule has 3 aromatic carbocycles. The summed E-state index contributed by atoms with van der Waals surface area (Å²) in [7, 11) is 0. The topological polar surface area (TPSA) is 253 Å². The number of hydrogen-bond acceptors (Lipinski definition) is 15. The highest BCUT2D eigenvalue weighted by molar-refractivity contribution is 6.08. The van der Waals surface area contributed by atoms with E-state index in [0.29, 0.717) is 24.1 Å². The van der Waals surface area contributed by atoms with Gasteiger partial charge in [-0.1, -0.05) is 12.1 Å². The molecule has 15 nitrogen and oxygen atoms in total. The molecule has 0 unspecified atom stereocenters. The fourth-order valence-corrected chi connectivity index (χ4v) is 4.99. The van der Waals surface area contributed by atoms with Crippen molar-refractivity contribution >= 4 is 11.9 Å². The zero-order valence-electron chi connectivity index (χ0n) is 22.4. The molecule has 2 aliphatic heterocycles. The maximum absolute atomic E-state index is 13.5. The summed E-state index contributed by atoms with van der Waals surface area (Å²) in [5.74, 6) is -10.2. The molecule has 9 N–H and O–H groups in total. The number of aliphatic hydroxyl groups excluding tert-OH is 2. The summed E-state index contributed by atoms with van der Waals surface area (Å²) >= 11 is 0. The maximum Gasteiger partial charge on any atom is 0.339 e. The molecular weight excluding hydrogens is 588 g/mol. The minimum Gasteiger partial charge on any atom is -0.504 e. The van der Waals surface area contributed by atoms with E-state index in [1.165, 1.54) is 12.1 Å². The lowest BCUT2D eigenvalue weighted by Gasteiger charge is -2.43. The molecule has 0 saturated carbocycles. The van der Waals surface area contributed by atoms with E-state index in [0.717, 1.165) is 0 Å². The number of phenols is 7. The summed E-state index contributed by atoms with van der Waals surface area (Å²) in [6.07, 6.45) is -6.88. The average Bonchev–Trinajstić information content (AvgIpc) is 2.98. The van der Waals surface area contributed by atoms with Crippen molar-refractivity contribution < 1.29 is 74.5 Å². The first-order valence-corrected chi connectivity index (χ1v) is 12.9. The van der Waals surface area contributed by atoms with Gasteiger partial charge >= 0.3 is 11.9 Å². The Hall–Kier alpha value is -5.38. The molecule has 0 aromatic heterocycles. The second kappa shape index (κ2) is 11.4. The predicted octanol–water partition coefficient (Wildman–Crippen LogP) is 1.24. The third kappa shape index (κ3) is 4.98. The standard InChI is InChI=1S/C29H26O15/c1-2-3-10-4-5-16(13(31)6-10)41-29-24(38)26-25(17(9-30)42-29)43-27(39)11-7-14(32)20(34)22(36)18(11)19-12(28(40)44-26)8-15(33)21(35)23(19)37/h2,4-8,17,24-26,29-38H,1,3,9H2/t17-,24-,25-,26-,29-/m1/s1. The third-order valence-corrected chi connectivity index (χ3v) is 7.13. The molecule has 15 heteroatoms. The van der Waals surface area contributed by atoms with E-state index in [1.807, 2.05) is 0 Å². The van der Waals surface area contributed by atoms with Crippen LogP contribution in [0.3, 0.4) is 0 Å². The van der Waals surface area contributed by atoms with Gasteiger partial charge in [-0.3, -0.25) is 0 Å². The van der Waals surface area contributed by atoms with Crippen LogP contribution in [0, 0.1) is 0 Å². The van der Waals surface area contributed by atoms with E-state index in [2.05, 4.69) is 6.58 Å². The molecule has 0 aliphatic carbocycles. The predicted molar refractivity (Wildman–Crippen MR) is 145 cm³/mol. The van der Waals surface area contributed by atoms with Crippen LogP contribution in [-0.4, -0.2) is 95.2 Å². The van der Waals surface area contributed by atoms with Gasteiger partial charge in [0.05, 0.1) is 17.7 Å². The van der Waals surface area contributed by atoms with Crippen LogP contribution >= 0.6 is 0 Å². The van der Waals surface area contributed by atoms with E-state index >= 15 is 0 Å². The molecule has 0 bridgehead atoms. The number of hydrogen-bond donors (Lipinski definition) is 9. The van der Waals surface area contributed by atoms with Gasteiger partial charge in [-0.15, -0.1) is 6.58 Å². The number of phenolic OH excluding ortho intramolecular Hbond substituents is 7. The number of aliphatic hydroxyl groups is 2. The van der Waals surface area contributed by atoms with Gasteiger partial charge in [0, 0.05) is 11.1 Å². The highest BCUT2D eigenvalue weighted by Crippen LogP contribution is 2.53. The lowest BCUT2D eigenvalue weighted by molar-refractivity contribution is -0.276. The van der Waals surface area contributed by atoms with Gasteiger partial charge in [-0.2, -0.15) is 0 Å². The van der Waals surface area contributed by atoms with Crippen molar-refractivity contribution in [3.8, 4) is 57.1 Å². The molecule has 0 radical (unpaired) electrons. The first-order valence-electron chi connectivity index (χ1n) is 12.9. The van der Waals surface area contributed by atoms with Gasteiger partial charge in [-0.05, 0) is 36.2 Å². The molecule has 1 fully saturated rings. The monoisotopic (exact) mass is 614 g/mol. The first-order chi connectivity index (χ1) is 20.9. The Morgan fingerprint density at radius 3 is 1.82 bits per heavy atom. The lowest BCUT2D eigenvalue weighted by Crippen LogP contribution is -2.62. The second-order valence-electron chi connectivity index (χ2n) is 9.90. The van der Waals surface area contributed by atoms with E-state index in [9.17, 15) is 55.5 Å². The molecule has 2 aliphatic rings. The number of carbonyl (C=O) groups is 2. The minimum absolute atomic E-state index is 0.171. The van der Waals surface area contributed by atoms with E-state index in [-0.39, 0.29) is 11.5 Å². The van der Waals surface area contributed by atoms with Crippen LogP contribution in [0.5, 0.6) is 46.0 Å². The van der Waals surface area contributed by atoms with Crippen LogP contribution in [0.25, 0.3) is 11.1 Å². The summed E-state index contributed by atoms with van der Waals surface area (Å²) in [6.45, 7) is 2.72. The highest BCUT2D eigenvalue weighted by Gasteiger charge is 2.52. The molecule has 232 valence electrons. The SMILES string of the molecule is C=CCc1ccc(O[C@@H]2O[C@H](CO)[C@H]3OC(=O)c4cc(O)c(O)c(O)c4-c4c(cc(O)c(O)c4O)C(=O)O[C@@H]3[C@H]2O)c(O)c1. The van der Waals surface area contributed by atoms with Crippen molar-refractivity contribution in [1.29, 1.82) is 0 Å². The number of allylic oxidation sites excluding steroid dienone is 1. The van der Waals surface area contributed by atoms with Crippen LogP contribution in [0.1, 0.15) is 26.3 Å². The zero-order valence-corrected chi connectivity index (χ0v) is 22.4. The largest absolute Gasteiger partial charge is 0.504 e. The van der Waals surface area contributed by atoms with Gasteiger partial charge in [0.2, 0.25) is 17.8 Å². The summed E-state index contributed by atoms with van der Waals surface area (Å²) in [6, 6.07) is 5.57. The van der Waals surface area contributed by atoms with Crippen molar-refractivity contribution in [3.05, 3.63) is 59.7 Å². The number of fused-ring (bicyclic) bond motifs is 4. The van der Waals surface area contributed by atoms with Crippen LogP contribution in [-0.2, 0) is 20.6 Å². The van der Waals surface area contributed by atoms with Crippen molar-refractivity contribution in [1.82, 2.24) is 0 Å². The van der Waals surface area contributed by atoms with Gasteiger partial charge in [-0.25, -0.2) is 9.59 Å². The maximum atomic E-state index is 13.5. The van der Waals surface area contributed by atoms with Crippen molar-refractivity contribution in [2.24, 2.45) is 0 Å². The average molecular weight is 615 g/mol. The molecule has 5 atom stereocenters. The minimum atomic E-state index is -1.98. The zero-order chi connectivity index (χ0) is 32.0. The molecule has 5 rings (SSSR count). The van der Waals surface area contributed by atoms with Crippen molar-refractivity contribution in [2.45, 2.75) is 37.1 Å². The molecule has 1 saturated heterocycles. The van der Waals surface area contributed by atoms with Gasteiger partial charge in [0.15, 0.2) is 52.8 Å². The Labute approximate surface area is 247 Å². The van der Waals surface area contributed by atoms with Crippen molar-refractivity contribution in [2.75, 3.05) is 6.61 Å². The van der Waals surface area contributed by atoms with Gasteiger partial charge in [0.1, 0.15) is 6.10 Å². The Balaban J connectivity index is 1.63. The van der Waals surface area contributed by atoms with Crippen LogP contribution in [0.15, 0.2) is 43.0 Å². The molecule has 0 amide bonds. The summed E-state index contributed by atoms with van der Waals surface area (Å²) in [5.41, 5.74) is -2.49. The van der Waals surface area contributed by atoms with Gasteiger partial charge in [0.25, 0.3) is 0 Å². The van der Waals surface area contributed by atoms with E-state index in [1.54, 1.807) is 12.1 Å². The number of carbonyl (C=O) groups excluding carboxylic acids is 2. The lowest BCUT2D eigenvalue weighted by atomic mass is 9.91. The number of ether oxygens (including phenoxy) is 4. The fourth-order valence-electron chi connectivity index (χ4n) is 4.99. The molecular formula is C29H26O15.